The van der Waals surface area contributed by atoms with E-state index in [-0.39, 0.29) is 42.4 Å². The Balaban J connectivity index is 1.31. The number of hydrogen-bond donors (Lipinski definition) is 1. The van der Waals surface area contributed by atoms with Gasteiger partial charge in [-0.15, -0.1) is 0 Å². The van der Waals surface area contributed by atoms with Gasteiger partial charge >= 0.3 is 6.01 Å². The zero-order valence-electron chi connectivity index (χ0n) is 25.1. The predicted octanol–water partition coefficient (Wildman–Crippen LogP) is 5.92. The number of nitrogens with zero attached hydrogens (tertiary/aromatic N) is 7. The summed E-state index contributed by atoms with van der Waals surface area (Å²) in [6.45, 7) is 3.99. The summed E-state index contributed by atoms with van der Waals surface area (Å²) >= 11 is 6.62. The average molecular weight is 645 g/mol. The summed E-state index contributed by atoms with van der Waals surface area (Å²) in [6.07, 6.45) is 6.08. The van der Waals surface area contributed by atoms with E-state index in [9.17, 15) is 4.39 Å². The van der Waals surface area contributed by atoms with E-state index in [1.807, 2.05) is 36.1 Å². The second kappa shape index (κ2) is 11.1. The van der Waals surface area contributed by atoms with E-state index in [4.69, 9.17) is 36.8 Å². The fourth-order valence-electron chi connectivity index (χ4n) is 7.35. The smallest absolute Gasteiger partial charge is 0.319 e. The minimum atomic E-state index is -0.917. The molecule has 0 spiro atoms. The van der Waals surface area contributed by atoms with Crippen LogP contribution < -0.4 is 20.1 Å². The van der Waals surface area contributed by atoms with Gasteiger partial charge in [-0.25, -0.2) is 18.7 Å². The number of rotatable bonds is 6. The lowest BCUT2D eigenvalue weighted by Gasteiger charge is -2.32. The van der Waals surface area contributed by atoms with Gasteiger partial charge in [0.2, 0.25) is 5.88 Å². The number of pyridine rings is 3. The number of hydrogen-bond acceptors (Lipinski definition) is 10. The Morgan fingerprint density at radius 1 is 1.15 bits per heavy atom. The number of anilines is 2. The molecular weight excluding hydrogens is 614 g/mol. The van der Waals surface area contributed by atoms with Crippen LogP contribution in [-0.4, -0.2) is 74.4 Å². The summed E-state index contributed by atoms with van der Waals surface area (Å²) in [4.78, 5) is 26.9. The quantitative estimate of drug-likeness (QED) is 0.239. The lowest BCUT2D eigenvalue weighted by Crippen LogP contribution is -2.43. The Morgan fingerprint density at radius 2 is 2.04 bits per heavy atom. The standard InChI is InChI=1S/C33H31ClF2N8O2/c1-18(21-6-3-9-39-29(21)37)44-11-12-45-31-25-28(26(36)27(40-31)22-15-38-14-19-5-2-7-23(34)24(19)22)41-32(42-30(25)44)46-17-33-8-4-10-43(33)16-20(35)13-33/h2-3,5-7,9,14-15,18,20H,4,8,10-13,16-17H2,1H3,(H2,37,39)/t18-,20-,33+/m1/s1. The Hall–Kier alpha value is -4.42. The van der Waals surface area contributed by atoms with Crippen LogP contribution in [-0.2, 0) is 0 Å². The summed E-state index contributed by atoms with van der Waals surface area (Å²) in [5.41, 5.74) is 7.01. The van der Waals surface area contributed by atoms with Gasteiger partial charge in [-0.2, -0.15) is 9.97 Å². The Labute approximate surface area is 268 Å². The molecule has 4 aromatic heterocycles. The molecule has 0 amide bonds. The zero-order valence-corrected chi connectivity index (χ0v) is 25.8. The van der Waals surface area contributed by atoms with Crippen LogP contribution in [0.5, 0.6) is 11.9 Å². The molecule has 0 radical (unpaired) electrons. The van der Waals surface area contributed by atoms with E-state index in [1.54, 1.807) is 18.5 Å². The molecule has 10 nitrogen and oxygen atoms in total. The first-order chi connectivity index (χ1) is 22.3. The fourth-order valence-corrected chi connectivity index (χ4v) is 7.63. The molecule has 2 N–H and O–H groups in total. The highest BCUT2D eigenvalue weighted by Gasteiger charge is 2.49. The highest BCUT2D eigenvalue weighted by atomic mass is 35.5. The van der Waals surface area contributed by atoms with Crippen molar-refractivity contribution in [3.8, 4) is 23.1 Å². The third kappa shape index (κ3) is 4.65. The summed E-state index contributed by atoms with van der Waals surface area (Å²) in [5.74, 6) is 0.267. The molecule has 2 fully saturated rings. The van der Waals surface area contributed by atoms with E-state index in [2.05, 4.69) is 19.9 Å². The summed E-state index contributed by atoms with van der Waals surface area (Å²) in [7, 11) is 0. The van der Waals surface area contributed by atoms with Crippen molar-refractivity contribution in [1.82, 2.24) is 29.8 Å². The van der Waals surface area contributed by atoms with Crippen molar-refractivity contribution in [1.29, 1.82) is 0 Å². The number of benzene rings is 1. The van der Waals surface area contributed by atoms with E-state index in [1.165, 1.54) is 6.20 Å². The van der Waals surface area contributed by atoms with Gasteiger partial charge in [-0.3, -0.25) is 9.88 Å². The zero-order chi connectivity index (χ0) is 31.6. The van der Waals surface area contributed by atoms with Gasteiger partial charge in [-0.05, 0) is 38.4 Å². The number of alkyl halides is 1. The molecule has 0 aliphatic carbocycles. The van der Waals surface area contributed by atoms with Crippen molar-refractivity contribution in [2.24, 2.45) is 0 Å². The highest BCUT2D eigenvalue weighted by Crippen LogP contribution is 2.44. The monoisotopic (exact) mass is 644 g/mol. The molecule has 0 unspecified atom stereocenters. The molecule has 5 aromatic rings. The van der Waals surface area contributed by atoms with E-state index < -0.39 is 17.5 Å². The molecule has 13 heteroatoms. The van der Waals surface area contributed by atoms with Gasteiger partial charge < -0.3 is 20.1 Å². The molecule has 3 aliphatic heterocycles. The molecule has 8 rings (SSSR count). The van der Waals surface area contributed by atoms with Crippen LogP contribution in [0.3, 0.4) is 0 Å². The second-order valence-corrected chi connectivity index (χ2v) is 12.6. The molecule has 236 valence electrons. The number of aromatic nitrogens is 5. The SMILES string of the molecule is C[C@H](c1cccnc1N)N1CCOc2nc(-c3cncc4cccc(Cl)c34)c(F)c3nc(OC[C@@]45CCCN4C[C@H](F)C5)nc1c23. The average Bonchev–Trinajstić information content (AvgIpc) is 3.51. The highest BCUT2D eigenvalue weighted by molar-refractivity contribution is 6.36. The molecule has 3 aliphatic rings. The number of halogens is 3. The lowest BCUT2D eigenvalue weighted by atomic mass is 9.95. The largest absolute Gasteiger partial charge is 0.475 e. The van der Waals surface area contributed by atoms with Crippen molar-refractivity contribution >= 4 is 44.9 Å². The summed E-state index contributed by atoms with van der Waals surface area (Å²) in [6, 6.07) is 8.79. The number of ether oxygens (including phenoxy) is 2. The maximum atomic E-state index is 16.9. The third-order valence-electron chi connectivity index (χ3n) is 9.56. The summed E-state index contributed by atoms with van der Waals surface area (Å²) in [5, 5.41) is 2.10. The molecule has 2 saturated heterocycles. The summed E-state index contributed by atoms with van der Waals surface area (Å²) < 4.78 is 43.9. The van der Waals surface area contributed by atoms with E-state index in [0.717, 1.165) is 30.3 Å². The minimum Gasteiger partial charge on any atom is -0.475 e. The van der Waals surface area contributed by atoms with Crippen LogP contribution >= 0.6 is 11.6 Å². The first kappa shape index (κ1) is 29.0. The van der Waals surface area contributed by atoms with Crippen LogP contribution in [0.4, 0.5) is 20.4 Å². The van der Waals surface area contributed by atoms with Gasteiger partial charge in [0.1, 0.15) is 47.6 Å². The topological polar surface area (TPSA) is 115 Å². The third-order valence-corrected chi connectivity index (χ3v) is 9.88. The van der Waals surface area contributed by atoms with Gasteiger partial charge in [-0.1, -0.05) is 29.8 Å². The van der Waals surface area contributed by atoms with Crippen LogP contribution in [0.15, 0.2) is 48.9 Å². The maximum Gasteiger partial charge on any atom is 0.319 e. The van der Waals surface area contributed by atoms with E-state index in [0.29, 0.717) is 52.5 Å². The lowest BCUT2D eigenvalue weighted by molar-refractivity contribution is 0.107. The predicted molar refractivity (Wildman–Crippen MR) is 171 cm³/mol. The minimum absolute atomic E-state index is 0.000993. The first-order valence-corrected chi connectivity index (χ1v) is 15.8. The van der Waals surface area contributed by atoms with Gasteiger partial charge in [0.15, 0.2) is 5.82 Å². The molecule has 46 heavy (non-hydrogen) atoms. The van der Waals surface area contributed by atoms with Crippen molar-refractivity contribution in [3.63, 3.8) is 0 Å². The van der Waals surface area contributed by atoms with Crippen molar-refractivity contribution in [2.75, 3.05) is 43.5 Å². The Morgan fingerprint density at radius 3 is 2.91 bits per heavy atom. The Bertz CT molecular complexity index is 1990. The Kier molecular flexibility index (Phi) is 7.02. The van der Waals surface area contributed by atoms with Gasteiger partial charge in [0, 0.05) is 58.5 Å². The normalized spacial score (nSPS) is 21.7. The number of nitrogen functional groups attached to an aromatic ring is 1. The van der Waals surface area contributed by atoms with Crippen LogP contribution in [0, 0.1) is 5.82 Å². The van der Waals surface area contributed by atoms with Crippen LogP contribution in [0.25, 0.3) is 32.9 Å². The molecule has 0 saturated carbocycles. The fraction of sp³-hybridized carbons (Fsp3) is 0.364. The molecule has 7 heterocycles. The molecular formula is C33H31ClF2N8O2. The molecule has 3 atom stereocenters. The van der Waals surface area contributed by atoms with Crippen molar-refractivity contribution < 1.29 is 18.3 Å². The molecule has 1 aromatic carbocycles. The maximum absolute atomic E-state index is 16.9. The first-order valence-electron chi connectivity index (χ1n) is 15.4. The van der Waals surface area contributed by atoms with Gasteiger partial charge in [0.05, 0.1) is 18.1 Å². The number of fused-ring (bicyclic) bond motifs is 2. The van der Waals surface area contributed by atoms with Gasteiger partial charge in [0.25, 0.3) is 0 Å². The van der Waals surface area contributed by atoms with Crippen LogP contribution in [0.2, 0.25) is 5.02 Å². The number of nitrogens with two attached hydrogens (primary N) is 1. The van der Waals surface area contributed by atoms with Crippen molar-refractivity contribution in [2.45, 2.75) is 43.9 Å². The van der Waals surface area contributed by atoms with Crippen molar-refractivity contribution in [3.05, 3.63) is 65.3 Å². The van der Waals surface area contributed by atoms with E-state index >= 15 is 4.39 Å². The molecule has 0 bridgehead atoms. The van der Waals surface area contributed by atoms with Crippen LogP contribution in [0.1, 0.15) is 37.8 Å². The second-order valence-electron chi connectivity index (χ2n) is 12.2.